The van der Waals surface area contributed by atoms with Crippen LogP contribution in [0.1, 0.15) is 24.8 Å². The van der Waals surface area contributed by atoms with Crippen LogP contribution in [0, 0.1) is 5.82 Å². The Morgan fingerprint density at radius 2 is 2.19 bits per heavy atom. The topological polar surface area (TPSA) is 59.4 Å². The molecule has 27 heavy (non-hydrogen) atoms. The van der Waals surface area contributed by atoms with E-state index in [2.05, 4.69) is 10.4 Å². The van der Waals surface area contributed by atoms with Crippen molar-refractivity contribution in [1.82, 2.24) is 20.0 Å². The minimum Gasteiger partial charge on any atom is -0.381 e. The highest BCUT2D eigenvalue weighted by molar-refractivity contribution is 5.74. The highest BCUT2D eigenvalue weighted by Gasteiger charge is 2.35. The number of benzene rings is 1. The van der Waals surface area contributed by atoms with Crippen LogP contribution in [0.25, 0.3) is 0 Å². The SMILES string of the molecule is CN(CCCn1cccn1)C(=O)NCC1(c2cccc(F)c2)CCOCC1. The van der Waals surface area contributed by atoms with Crippen molar-refractivity contribution >= 4 is 6.03 Å². The van der Waals surface area contributed by atoms with E-state index in [1.165, 1.54) is 6.07 Å². The fourth-order valence-corrected chi connectivity index (χ4v) is 3.53. The van der Waals surface area contributed by atoms with Crippen LogP contribution in [0.4, 0.5) is 9.18 Å². The number of amides is 2. The van der Waals surface area contributed by atoms with Gasteiger partial charge in [-0.15, -0.1) is 0 Å². The van der Waals surface area contributed by atoms with Gasteiger partial charge >= 0.3 is 6.03 Å². The minimum atomic E-state index is -0.286. The second kappa shape index (κ2) is 8.99. The maximum Gasteiger partial charge on any atom is 0.317 e. The van der Waals surface area contributed by atoms with Gasteiger partial charge in [-0.2, -0.15) is 5.10 Å². The highest BCUT2D eigenvalue weighted by Crippen LogP contribution is 2.34. The highest BCUT2D eigenvalue weighted by atomic mass is 19.1. The van der Waals surface area contributed by atoms with Gasteiger partial charge in [0, 0.05) is 57.7 Å². The molecular weight excluding hydrogens is 347 g/mol. The van der Waals surface area contributed by atoms with Gasteiger partial charge in [-0.1, -0.05) is 12.1 Å². The summed E-state index contributed by atoms with van der Waals surface area (Å²) in [5.74, 6) is -0.250. The number of nitrogens with zero attached hydrogens (tertiary/aromatic N) is 3. The van der Waals surface area contributed by atoms with Crippen LogP contribution in [-0.2, 0) is 16.7 Å². The number of nitrogens with one attached hydrogen (secondary N) is 1. The minimum absolute atomic E-state index is 0.113. The largest absolute Gasteiger partial charge is 0.381 e. The van der Waals surface area contributed by atoms with E-state index >= 15 is 0 Å². The fourth-order valence-electron chi connectivity index (χ4n) is 3.53. The molecule has 0 aliphatic carbocycles. The smallest absolute Gasteiger partial charge is 0.317 e. The van der Waals surface area contributed by atoms with Gasteiger partial charge in [-0.05, 0) is 43.0 Å². The van der Waals surface area contributed by atoms with Crippen molar-refractivity contribution in [2.45, 2.75) is 31.2 Å². The van der Waals surface area contributed by atoms with E-state index in [9.17, 15) is 9.18 Å². The van der Waals surface area contributed by atoms with E-state index in [0.29, 0.717) is 26.3 Å². The zero-order valence-electron chi connectivity index (χ0n) is 15.7. The Kier molecular flexibility index (Phi) is 6.45. The molecule has 2 amide bonds. The summed E-state index contributed by atoms with van der Waals surface area (Å²) in [6, 6.07) is 8.46. The normalized spacial score (nSPS) is 16.1. The first-order valence-electron chi connectivity index (χ1n) is 9.39. The van der Waals surface area contributed by atoms with Crippen LogP contribution in [-0.4, -0.2) is 54.1 Å². The molecule has 0 atom stereocenters. The number of hydrogen-bond acceptors (Lipinski definition) is 3. The van der Waals surface area contributed by atoms with Gasteiger partial charge in [0.05, 0.1) is 0 Å². The van der Waals surface area contributed by atoms with Crippen LogP contribution in [0.15, 0.2) is 42.7 Å². The van der Waals surface area contributed by atoms with Crippen LogP contribution >= 0.6 is 0 Å². The molecule has 1 fully saturated rings. The molecular formula is C20H27FN4O2. The van der Waals surface area contributed by atoms with Gasteiger partial charge in [-0.3, -0.25) is 4.68 Å². The van der Waals surface area contributed by atoms with Crippen LogP contribution in [0.2, 0.25) is 0 Å². The summed E-state index contributed by atoms with van der Waals surface area (Å²) in [7, 11) is 1.79. The van der Waals surface area contributed by atoms with Crippen molar-refractivity contribution in [3.63, 3.8) is 0 Å². The van der Waals surface area contributed by atoms with Crippen molar-refractivity contribution in [1.29, 1.82) is 0 Å². The van der Waals surface area contributed by atoms with Crippen LogP contribution < -0.4 is 5.32 Å². The lowest BCUT2D eigenvalue weighted by Gasteiger charge is -2.38. The second-order valence-electron chi connectivity index (χ2n) is 7.11. The van der Waals surface area contributed by atoms with Crippen molar-refractivity contribution in [3.8, 4) is 0 Å². The number of aromatic nitrogens is 2. The number of hydrogen-bond donors (Lipinski definition) is 1. The number of carbonyl (C=O) groups excluding carboxylic acids is 1. The Labute approximate surface area is 159 Å². The maximum absolute atomic E-state index is 13.7. The third-order valence-corrected chi connectivity index (χ3v) is 5.25. The summed E-state index contributed by atoms with van der Waals surface area (Å²) < 4.78 is 21.1. The van der Waals surface area contributed by atoms with Crippen molar-refractivity contribution in [3.05, 3.63) is 54.1 Å². The molecule has 1 saturated heterocycles. The van der Waals surface area contributed by atoms with Crippen molar-refractivity contribution in [2.75, 3.05) is 33.4 Å². The first kappa shape index (κ1) is 19.4. The molecule has 2 heterocycles. The van der Waals surface area contributed by atoms with Gasteiger partial charge in [0.15, 0.2) is 0 Å². The molecule has 6 nitrogen and oxygen atoms in total. The molecule has 0 radical (unpaired) electrons. The molecule has 2 aromatic rings. The molecule has 146 valence electrons. The summed E-state index contributed by atoms with van der Waals surface area (Å²) in [6.45, 7) is 3.12. The molecule has 1 aliphatic heterocycles. The van der Waals surface area contributed by atoms with E-state index in [-0.39, 0.29) is 17.3 Å². The first-order valence-corrected chi connectivity index (χ1v) is 9.39. The molecule has 0 bridgehead atoms. The number of ether oxygens (including phenoxy) is 1. The van der Waals surface area contributed by atoms with Gasteiger partial charge in [0.2, 0.25) is 0 Å². The number of rotatable bonds is 7. The van der Waals surface area contributed by atoms with Gasteiger partial charge in [0.25, 0.3) is 0 Å². The zero-order chi connectivity index (χ0) is 19.1. The Bertz CT molecular complexity index is 729. The molecule has 0 saturated carbocycles. The van der Waals surface area contributed by atoms with Gasteiger partial charge < -0.3 is 15.0 Å². The molecule has 0 spiro atoms. The summed E-state index contributed by atoms with van der Waals surface area (Å²) in [5, 5.41) is 7.20. The molecule has 1 aromatic carbocycles. The standard InChI is InChI=1S/C20H27FN4O2/c1-24(10-4-12-25-11-3-9-23-25)19(26)22-16-20(7-13-27-14-8-20)17-5-2-6-18(21)15-17/h2-3,5-6,9,11,15H,4,7-8,10,12-14,16H2,1H3,(H,22,26). The molecule has 1 aliphatic rings. The number of aryl methyl sites for hydroxylation is 1. The number of carbonyl (C=O) groups is 1. The summed E-state index contributed by atoms with van der Waals surface area (Å²) in [6.07, 6.45) is 6.01. The maximum atomic E-state index is 13.7. The quantitative estimate of drug-likeness (QED) is 0.811. The number of halogens is 1. The third kappa shape index (κ3) is 5.07. The predicted molar refractivity (Wildman–Crippen MR) is 101 cm³/mol. The Hall–Kier alpha value is -2.41. The van der Waals surface area contributed by atoms with E-state index < -0.39 is 0 Å². The molecule has 1 N–H and O–H groups in total. The Morgan fingerprint density at radius 1 is 1.37 bits per heavy atom. The Morgan fingerprint density at radius 3 is 2.89 bits per heavy atom. The molecule has 0 unspecified atom stereocenters. The molecule has 1 aromatic heterocycles. The lowest BCUT2D eigenvalue weighted by atomic mass is 9.74. The summed E-state index contributed by atoms with van der Waals surface area (Å²) in [4.78, 5) is 14.2. The fraction of sp³-hybridized carbons (Fsp3) is 0.500. The zero-order valence-corrected chi connectivity index (χ0v) is 15.7. The molecule has 3 rings (SSSR count). The lowest BCUT2D eigenvalue weighted by Crippen LogP contribution is -2.48. The van der Waals surface area contributed by atoms with Gasteiger partial charge in [0.1, 0.15) is 5.82 Å². The molecule has 7 heteroatoms. The lowest BCUT2D eigenvalue weighted by molar-refractivity contribution is 0.0501. The average molecular weight is 374 g/mol. The number of urea groups is 1. The van der Waals surface area contributed by atoms with E-state index in [4.69, 9.17) is 4.74 Å². The summed E-state index contributed by atoms with van der Waals surface area (Å²) >= 11 is 0. The van der Waals surface area contributed by atoms with Gasteiger partial charge in [-0.25, -0.2) is 9.18 Å². The third-order valence-electron chi connectivity index (χ3n) is 5.25. The predicted octanol–water partition coefficient (Wildman–Crippen LogP) is 2.80. The van der Waals surface area contributed by atoms with E-state index in [1.807, 2.05) is 23.0 Å². The van der Waals surface area contributed by atoms with E-state index in [1.54, 1.807) is 30.3 Å². The first-order chi connectivity index (χ1) is 13.1. The van der Waals surface area contributed by atoms with Crippen molar-refractivity contribution in [2.24, 2.45) is 0 Å². The summed E-state index contributed by atoms with van der Waals surface area (Å²) in [5.41, 5.74) is 0.638. The van der Waals surface area contributed by atoms with Crippen LogP contribution in [0.3, 0.4) is 0 Å². The average Bonchev–Trinajstić information content (AvgIpc) is 3.20. The van der Waals surface area contributed by atoms with E-state index in [0.717, 1.165) is 31.4 Å². The van der Waals surface area contributed by atoms with Crippen LogP contribution in [0.5, 0.6) is 0 Å². The second-order valence-corrected chi connectivity index (χ2v) is 7.11. The Balaban J connectivity index is 1.55. The monoisotopic (exact) mass is 374 g/mol. The van der Waals surface area contributed by atoms with Crippen molar-refractivity contribution < 1.29 is 13.9 Å².